The first kappa shape index (κ1) is 7.02. The van der Waals surface area contributed by atoms with Crippen LogP contribution < -0.4 is 5.69 Å². The molecule has 5 heteroatoms. The molecule has 0 aliphatic carbocycles. The van der Waals surface area contributed by atoms with Gasteiger partial charge in [0.15, 0.2) is 5.65 Å². The normalized spacial score (nSPS) is 10.8. The monoisotopic (exact) mass is 164 g/mol. The van der Waals surface area contributed by atoms with Crippen LogP contribution in [0.2, 0.25) is 0 Å². The lowest BCUT2D eigenvalue weighted by Gasteiger charge is -1.85. The average Bonchev–Trinajstić information content (AvgIpc) is 2.44. The summed E-state index contributed by atoms with van der Waals surface area (Å²) in [4.78, 5) is 11.4. The summed E-state index contributed by atoms with van der Waals surface area (Å²) in [6, 6.07) is 3.50. The highest BCUT2D eigenvalue weighted by atomic mass is 16.2. The Labute approximate surface area is 68.2 Å². The zero-order valence-corrected chi connectivity index (χ0v) is 6.64. The number of fused-ring (bicyclic) bond motifs is 1. The maximum atomic E-state index is 11.4. The molecule has 0 spiro atoms. The van der Waals surface area contributed by atoms with Crippen LogP contribution in [0, 0.1) is 0 Å². The van der Waals surface area contributed by atoms with Gasteiger partial charge in [-0.25, -0.2) is 9.48 Å². The van der Waals surface area contributed by atoms with Gasteiger partial charge in [0.2, 0.25) is 0 Å². The molecule has 2 rings (SSSR count). The molecule has 62 valence electrons. The Balaban J connectivity index is 2.88. The van der Waals surface area contributed by atoms with E-state index in [0.29, 0.717) is 12.2 Å². The van der Waals surface area contributed by atoms with Crippen LogP contribution in [0.4, 0.5) is 0 Å². The largest absolute Gasteiger partial charge is 0.367 e. The van der Waals surface area contributed by atoms with Gasteiger partial charge in [0.1, 0.15) is 0 Å². The maximum absolute atomic E-state index is 11.4. The summed E-state index contributed by atoms with van der Waals surface area (Å²) in [7, 11) is 0. The van der Waals surface area contributed by atoms with Crippen molar-refractivity contribution < 1.29 is 0 Å². The maximum Gasteiger partial charge on any atom is 0.367 e. The third kappa shape index (κ3) is 0.827. The van der Waals surface area contributed by atoms with Gasteiger partial charge in [-0.05, 0) is 19.1 Å². The lowest BCUT2D eigenvalue weighted by atomic mass is 10.6. The SMILES string of the molecule is CCn1nc2cccnn2c1=O. The second-order valence-corrected chi connectivity index (χ2v) is 2.39. The molecule has 2 heterocycles. The van der Waals surface area contributed by atoms with E-state index in [1.807, 2.05) is 6.92 Å². The molecule has 0 aliphatic heterocycles. The minimum Gasteiger partial charge on any atom is -0.244 e. The highest BCUT2D eigenvalue weighted by molar-refractivity contribution is 5.32. The Morgan fingerprint density at radius 2 is 2.42 bits per heavy atom. The quantitative estimate of drug-likeness (QED) is 0.592. The molecule has 0 amide bonds. The van der Waals surface area contributed by atoms with E-state index in [0.717, 1.165) is 0 Å². The molecule has 2 aromatic rings. The molecule has 0 atom stereocenters. The van der Waals surface area contributed by atoms with E-state index in [1.165, 1.54) is 9.20 Å². The fourth-order valence-corrected chi connectivity index (χ4v) is 1.07. The molecule has 0 saturated carbocycles. The van der Waals surface area contributed by atoms with E-state index in [1.54, 1.807) is 18.3 Å². The Morgan fingerprint density at radius 3 is 3.08 bits per heavy atom. The van der Waals surface area contributed by atoms with Crippen LogP contribution in [0.15, 0.2) is 23.1 Å². The summed E-state index contributed by atoms with van der Waals surface area (Å²) in [6.45, 7) is 2.44. The van der Waals surface area contributed by atoms with Gasteiger partial charge >= 0.3 is 5.69 Å². The molecule has 0 radical (unpaired) electrons. The van der Waals surface area contributed by atoms with E-state index < -0.39 is 0 Å². The average molecular weight is 164 g/mol. The van der Waals surface area contributed by atoms with Crippen molar-refractivity contribution in [1.82, 2.24) is 19.4 Å². The van der Waals surface area contributed by atoms with E-state index in [2.05, 4.69) is 10.2 Å². The number of aromatic nitrogens is 4. The van der Waals surface area contributed by atoms with E-state index in [-0.39, 0.29) is 5.69 Å². The molecule has 0 N–H and O–H groups in total. The molecular weight excluding hydrogens is 156 g/mol. The molecule has 0 aromatic carbocycles. The summed E-state index contributed by atoms with van der Waals surface area (Å²) >= 11 is 0. The van der Waals surface area contributed by atoms with Crippen LogP contribution in [-0.2, 0) is 6.54 Å². The van der Waals surface area contributed by atoms with E-state index in [4.69, 9.17) is 0 Å². The first-order valence-electron chi connectivity index (χ1n) is 3.74. The van der Waals surface area contributed by atoms with E-state index in [9.17, 15) is 4.79 Å². The van der Waals surface area contributed by atoms with Crippen LogP contribution >= 0.6 is 0 Å². The summed E-state index contributed by atoms with van der Waals surface area (Å²) < 4.78 is 2.66. The highest BCUT2D eigenvalue weighted by Crippen LogP contribution is 1.90. The van der Waals surface area contributed by atoms with Gasteiger partial charge in [0.25, 0.3) is 0 Å². The molecule has 2 aromatic heterocycles. The zero-order valence-electron chi connectivity index (χ0n) is 6.64. The molecule has 0 bridgehead atoms. The van der Waals surface area contributed by atoms with Gasteiger partial charge in [-0.15, -0.1) is 5.10 Å². The minimum absolute atomic E-state index is 0.187. The van der Waals surface area contributed by atoms with Crippen LogP contribution in [-0.4, -0.2) is 19.4 Å². The second-order valence-electron chi connectivity index (χ2n) is 2.39. The second kappa shape index (κ2) is 2.44. The molecule has 0 saturated heterocycles. The van der Waals surface area contributed by atoms with Crippen LogP contribution in [0.1, 0.15) is 6.92 Å². The zero-order chi connectivity index (χ0) is 8.55. The third-order valence-electron chi connectivity index (χ3n) is 1.66. The lowest BCUT2D eigenvalue weighted by molar-refractivity contribution is 0.626. The third-order valence-corrected chi connectivity index (χ3v) is 1.66. The van der Waals surface area contributed by atoms with Crippen molar-refractivity contribution in [3.05, 3.63) is 28.8 Å². The first-order chi connectivity index (χ1) is 5.83. The van der Waals surface area contributed by atoms with Crippen molar-refractivity contribution in [1.29, 1.82) is 0 Å². The minimum atomic E-state index is -0.187. The Morgan fingerprint density at radius 1 is 1.58 bits per heavy atom. The number of hydrogen-bond donors (Lipinski definition) is 0. The molecule has 12 heavy (non-hydrogen) atoms. The number of hydrogen-bond acceptors (Lipinski definition) is 3. The van der Waals surface area contributed by atoms with Gasteiger partial charge in [0.05, 0.1) is 0 Å². The van der Waals surface area contributed by atoms with Crippen LogP contribution in [0.5, 0.6) is 0 Å². The predicted molar refractivity (Wildman–Crippen MR) is 42.9 cm³/mol. The van der Waals surface area contributed by atoms with Gasteiger partial charge in [0, 0.05) is 12.7 Å². The number of aryl methyl sites for hydroxylation is 1. The fraction of sp³-hybridized carbons (Fsp3) is 0.286. The van der Waals surface area contributed by atoms with Crippen molar-refractivity contribution in [2.75, 3.05) is 0 Å². The van der Waals surface area contributed by atoms with Crippen LogP contribution in [0.3, 0.4) is 0 Å². The topological polar surface area (TPSA) is 52.2 Å². The molecular formula is C7H8N4O. The molecule has 0 fully saturated rings. The van der Waals surface area contributed by atoms with Gasteiger partial charge < -0.3 is 0 Å². The predicted octanol–water partition coefficient (Wildman–Crippen LogP) is -0.0891. The van der Waals surface area contributed by atoms with Gasteiger partial charge in [-0.1, -0.05) is 0 Å². The van der Waals surface area contributed by atoms with Crippen molar-refractivity contribution >= 4 is 5.65 Å². The molecule has 0 unspecified atom stereocenters. The molecule has 0 aliphatic rings. The van der Waals surface area contributed by atoms with Crippen molar-refractivity contribution in [3.8, 4) is 0 Å². The highest BCUT2D eigenvalue weighted by Gasteiger charge is 2.03. The standard InChI is InChI=1S/C7H8N4O/c1-2-10-7(12)11-6(9-10)4-3-5-8-11/h3-5H,2H2,1H3. The van der Waals surface area contributed by atoms with Gasteiger partial charge in [-0.3, -0.25) is 0 Å². The summed E-state index contributed by atoms with van der Waals surface area (Å²) in [6.07, 6.45) is 1.57. The first-order valence-corrected chi connectivity index (χ1v) is 3.74. The van der Waals surface area contributed by atoms with Crippen molar-refractivity contribution in [3.63, 3.8) is 0 Å². The number of nitrogens with zero attached hydrogens (tertiary/aromatic N) is 4. The fourth-order valence-electron chi connectivity index (χ4n) is 1.07. The Kier molecular flexibility index (Phi) is 1.43. The summed E-state index contributed by atoms with van der Waals surface area (Å²) in [5.41, 5.74) is 0.400. The van der Waals surface area contributed by atoms with Gasteiger partial charge in [-0.2, -0.15) is 9.61 Å². The Bertz CT molecular complexity index is 456. The number of rotatable bonds is 1. The smallest absolute Gasteiger partial charge is 0.244 e. The molecule has 5 nitrogen and oxygen atoms in total. The van der Waals surface area contributed by atoms with Crippen molar-refractivity contribution in [2.45, 2.75) is 13.5 Å². The van der Waals surface area contributed by atoms with E-state index >= 15 is 0 Å². The van der Waals surface area contributed by atoms with Crippen LogP contribution in [0.25, 0.3) is 5.65 Å². The van der Waals surface area contributed by atoms with Crippen molar-refractivity contribution in [2.24, 2.45) is 0 Å². The summed E-state index contributed by atoms with van der Waals surface area (Å²) in [5, 5.41) is 7.91. The summed E-state index contributed by atoms with van der Waals surface area (Å²) in [5.74, 6) is 0. The Hall–Kier alpha value is -1.65. The lowest BCUT2D eigenvalue weighted by Crippen LogP contribution is -2.21.